The first-order chi connectivity index (χ1) is 9.14. The minimum atomic E-state index is -1.55. The first-order valence-electron chi connectivity index (χ1n) is 6.33. The highest BCUT2D eigenvalue weighted by molar-refractivity contribution is 5.58. The van der Waals surface area contributed by atoms with Crippen molar-refractivity contribution in [1.29, 1.82) is 0 Å². The largest absolute Gasteiger partial charge is 0.394 e. The third-order valence-corrected chi connectivity index (χ3v) is 2.55. The Bertz CT molecular complexity index is 247. The van der Waals surface area contributed by atoms with Gasteiger partial charge in [-0.2, -0.15) is 0 Å². The first kappa shape index (κ1) is 21.7. The van der Waals surface area contributed by atoms with Crippen molar-refractivity contribution in [1.82, 2.24) is 5.32 Å². The van der Waals surface area contributed by atoms with Gasteiger partial charge in [-0.1, -0.05) is 0 Å². The Balaban J connectivity index is 0. The number of likely N-dealkylation sites (N-methyl/N-ethyl adjacent to an activating group) is 2. The van der Waals surface area contributed by atoms with Crippen LogP contribution in [-0.4, -0.2) is 109 Å². The van der Waals surface area contributed by atoms with Crippen molar-refractivity contribution in [2.24, 2.45) is 0 Å². The van der Waals surface area contributed by atoms with Gasteiger partial charge < -0.3 is 40.1 Å². The summed E-state index contributed by atoms with van der Waals surface area (Å²) in [5.41, 5.74) is 0. The van der Waals surface area contributed by atoms with E-state index in [0.717, 1.165) is 11.0 Å². The lowest BCUT2D eigenvalue weighted by Crippen LogP contribution is -2.51. The Hall–Kier alpha value is -0.610. The fraction of sp³-hybridized carbons (Fsp3) is 0.917. The third-order valence-electron chi connectivity index (χ3n) is 2.55. The van der Waals surface area contributed by atoms with Gasteiger partial charge in [0.05, 0.1) is 40.4 Å². The Morgan fingerprint density at radius 1 is 1.10 bits per heavy atom. The van der Waals surface area contributed by atoms with Crippen molar-refractivity contribution in [3.8, 4) is 0 Å². The molecule has 0 aliphatic heterocycles. The summed E-state index contributed by atoms with van der Waals surface area (Å²) in [6.07, 6.45) is -4.03. The normalized spacial score (nSPS) is 17.4. The maximum atomic E-state index is 10.3. The monoisotopic (exact) mass is 297 g/mol. The van der Waals surface area contributed by atoms with E-state index in [1.165, 1.54) is 7.05 Å². The van der Waals surface area contributed by atoms with Crippen LogP contribution in [0.15, 0.2) is 0 Å². The quantitative estimate of drug-likeness (QED) is 0.203. The van der Waals surface area contributed by atoms with Crippen LogP contribution < -0.4 is 5.32 Å². The van der Waals surface area contributed by atoms with E-state index in [2.05, 4.69) is 26.5 Å². The summed E-state index contributed by atoms with van der Waals surface area (Å²) in [5.74, 6) is 0. The van der Waals surface area contributed by atoms with Gasteiger partial charge in [-0.05, 0) is 7.05 Å². The fourth-order valence-corrected chi connectivity index (χ4v) is 1.17. The molecule has 0 aromatic rings. The van der Waals surface area contributed by atoms with Crippen LogP contribution in [0.25, 0.3) is 0 Å². The molecule has 0 radical (unpaired) electrons. The highest BCUT2D eigenvalue weighted by Gasteiger charge is 2.29. The van der Waals surface area contributed by atoms with Crippen LogP contribution in [0.1, 0.15) is 0 Å². The van der Waals surface area contributed by atoms with E-state index in [0.29, 0.717) is 6.29 Å². The number of hydrogen-bond donors (Lipinski definition) is 6. The first-order valence-corrected chi connectivity index (χ1v) is 6.33. The molecule has 20 heavy (non-hydrogen) atoms. The molecule has 8 nitrogen and oxygen atoms in total. The second-order valence-electron chi connectivity index (χ2n) is 5.42. The predicted octanol–water partition coefficient (Wildman–Crippen LogP) is -3.47. The van der Waals surface area contributed by atoms with Gasteiger partial charge in [0.1, 0.15) is 31.1 Å². The Morgan fingerprint density at radius 2 is 1.60 bits per heavy atom. The fourth-order valence-electron chi connectivity index (χ4n) is 1.17. The predicted molar refractivity (Wildman–Crippen MR) is 74.0 cm³/mol. The van der Waals surface area contributed by atoms with Crippen molar-refractivity contribution in [3.05, 3.63) is 0 Å². The van der Waals surface area contributed by atoms with Gasteiger partial charge in [-0.15, -0.1) is 0 Å². The summed E-state index contributed by atoms with van der Waals surface area (Å²) in [7, 11) is 7.59. The minimum absolute atomic E-state index is 0.281. The van der Waals surface area contributed by atoms with Gasteiger partial charge in [-0.25, -0.2) is 0 Å². The molecule has 0 unspecified atom stereocenters. The molecule has 0 saturated heterocycles. The smallest absolute Gasteiger partial charge is 0.139 e. The number of rotatable bonds is 8. The lowest BCUT2D eigenvalue weighted by atomic mass is 10.0. The number of carbonyl (C=O) groups is 1. The van der Waals surface area contributed by atoms with Crippen LogP contribution >= 0.6 is 0 Å². The summed E-state index contributed by atoms with van der Waals surface area (Å²) in [6.45, 7) is 0.441. The summed E-state index contributed by atoms with van der Waals surface area (Å²) in [6, 6.07) is -0.962. The van der Waals surface area contributed by atoms with Crippen LogP contribution in [0.2, 0.25) is 0 Å². The molecule has 0 saturated carbocycles. The summed E-state index contributed by atoms with van der Waals surface area (Å²) >= 11 is 0. The Labute approximate surface area is 119 Å². The lowest BCUT2D eigenvalue weighted by Gasteiger charge is -2.25. The summed E-state index contributed by atoms with van der Waals surface area (Å²) in [4.78, 5) is 10.3. The average Bonchev–Trinajstić information content (AvgIpc) is 2.37. The number of carbonyl (C=O) groups excluding carboxylic acids is 1. The number of nitrogens with one attached hydrogen (secondary N) is 1. The zero-order valence-electron chi connectivity index (χ0n) is 12.6. The van der Waals surface area contributed by atoms with E-state index in [9.17, 15) is 9.90 Å². The number of hydrogen-bond acceptors (Lipinski definition) is 7. The molecule has 6 N–H and O–H groups in total. The van der Waals surface area contributed by atoms with Crippen molar-refractivity contribution in [2.75, 3.05) is 47.9 Å². The van der Waals surface area contributed by atoms with Gasteiger partial charge in [0, 0.05) is 0 Å². The standard InChI is InChI=1S/C7H15NO5.C5H14NO/c1-8-4(2-9)6(12)7(13)5(11)3-10;1-6(2,3)4-5-7/h2,4-8,10-13H,3H2,1H3;7H,4-5H2,1-3H3/q;+1/t4-,5+,6+,7+;/m0./s1. The molecule has 122 valence electrons. The minimum Gasteiger partial charge on any atom is -0.394 e. The number of aliphatic hydroxyl groups excluding tert-OH is 5. The molecule has 0 heterocycles. The number of nitrogens with zero attached hydrogens (tertiary/aromatic N) is 1. The van der Waals surface area contributed by atoms with E-state index in [-0.39, 0.29) is 6.61 Å². The van der Waals surface area contributed by atoms with Crippen LogP contribution in [0.3, 0.4) is 0 Å². The van der Waals surface area contributed by atoms with E-state index < -0.39 is 31.0 Å². The van der Waals surface area contributed by atoms with Gasteiger partial charge in [-0.3, -0.25) is 0 Å². The zero-order chi connectivity index (χ0) is 16.3. The van der Waals surface area contributed by atoms with E-state index >= 15 is 0 Å². The maximum absolute atomic E-state index is 10.3. The number of aliphatic hydroxyl groups is 5. The molecule has 0 rings (SSSR count). The molecule has 0 aromatic heterocycles. The van der Waals surface area contributed by atoms with E-state index in [1.54, 1.807) is 0 Å². The average molecular weight is 297 g/mol. The Morgan fingerprint density at radius 3 is 1.80 bits per heavy atom. The molecule has 0 aliphatic rings. The summed E-state index contributed by atoms with van der Waals surface area (Å²) in [5, 5.41) is 46.6. The molecule has 8 heteroatoms. The molecular weight excluding hydrogens is 268 g/mol. The highest BCUT2D eigenvalue weighted by Crippen LogP contribution is 2.03. The number of aldehydes is 1. The molecule has 0 amide bonds. The van der Waals surface area contributed by atoms with Crippen LogP contribution in [0.4, 0.5) is 0 Å². The molecule has 0 aromatic carbocycles. The topological polar surface area (TPSA) is 130 Å². The molecule has 0 aliphatic carbocycles. The van der Waals surface area contributed by atoms with Crippen molar-refractivity contribution >= 4 is 6.29 Å². The van der Waals surface area contributed by atoms with Crippen LogP contribution in [0.5, 0.6) is 0 Å². The lowest BCUT2D eigenvalue weighted by molar-refractivity contribution is -0.870. The zero-order valence-corrected chi connectivity index (χ0v) is 12.6. The van der Waals surface area contributed by atoms with E-state index in [1.807, 2.05) is 0 Å². The second kappa shape index (κ2) is 11.1. The molecule has 4 atom stereocenters. The van der Waals surface area contributed by atoms with Crippen LogP contribution in [0, 0.1) is 0 Å². The van der Waals surface area contributed by atoms with Gasteiger partial charge in [0.2, 0.25) is 0 Å². The van der Waals surface area contributed by atoms with Gasteiger partial charge in [0.15, 0.2) is 0 Å². The van der Waals surface area contributed by atoms with Crippen molar-refractivity contribution in [3.63, 3.8) is 0 Å². The van der Waals surface area contributed by atoms with Crippen molar-refractivity contribution < 1.29 is 34.8 Å². The van der Waals surface area contributed by atoms with Crippen LogP contribution in [-0.2, 0) is 4.79 Å². The Kier molecular flexibility index (Phi) is 12.0. The van der Waals surface area contributed by atoms with Crippen molar-refractivity contribution in [2.45, 2.75) is 24.4 Å². The molecular formula is C12H29N2O6+. The summed E-state index contributed by atoms with van der Waals surface area (Å²) < 4.78 is 0.844. The molecule has 0 spiro atoms. The molecule has 0 bridgehead atoms. The second-order valence-corrected chi connectivity index (χ2v) is 5.42. The highest BCUT2D eigenvalue weighted by atomic mass is 16.4. The van der Waals surface area contributed by atoms with Gasteiger partial charge >= 0.3 is 0 Å². The molecule has 0 fully saturated rings. The SMILES string of the molecule is CN[C@@H](C=O)[C@@H](O)[C@H](O)[C@H](O)CO.C[N+](C)(C)CCO. The van der Waals surface area contributed by atoms with E-state index in [4.69, 9.17) is 20.4 Å². The number of quaternary nitrogens is 1. The third kappa shape index (κ3) is 10.2. The van der Waals surface area contributed by atoms with Gasteiger partial charge in [0.25, 0.3) is 0 Å². The maximum Gasteiger partial charge on any atom is 0.139 e.